The maximum Gasteiger partial charge on any atom is 0.337 e. The number of benzene rings is 1. The van der Waals surface area contributed by atoms with Gasteiger partial charge in [-0.1, -0.05) is 15.9 Å². The van der Waals surface area contributed by atoms with Crippen LogP contribution in [0.4, 0.5) is 8.78 Å². The highest BCUT2D eigenvalue weighted by Gasteiger charge is 2.29. The van der Waals surface area contributed by atoms with E-state index in [0.717, 1.165) is 22.3 Å². The smallest absolute Gasteiger partial charge is 0.303 e. The molecule has 0 spiro atoms. The summed E-state index contributed by atoms with van der Waals surface area (Å²) in [5, 5.41) is 0.0258. The summed E-state index contributed by atoms with van der Waals surface area (Å²) in [6.45, 7) is 1.89. The minimum Gasteiger partial charge on any atom is -0.303 e. The maximum absolute atomic E-state index is 14.2. The average molecular weight is 608 g/mol. The van der Waals surface area contributed by atoms with E-state index < -0.39 is 28.9 Å². The van der Waals surface area contributed by atoms with Crippen molar-refractivity contribution < 1.29 is 13.6 Å². The second-order valence-corrected chi connectivity index (χ2v) is 11.3. The molecule has 0 atom stereocenters. The van der Waals surface area contributed by atoms with Crippen LogP contribution in [0.5, 0.6) is 0 Å². The standard InChI is InChI=1S/C29H24BrF2N5O3/c1-16-8-18(30)11-22(9-16)36-27-23(12-20(32)13-33-27)28(39)37(29(36)40)21-5-2-17(3-6-21)10-25(38)24-15-35-14-19(31)4-7-26(35)34-24/h4,7-9,11-15,17,21H,2-3,5-6,10H2,1H3. The zero-order chi connectivity index (χ0) is 28.1. The summed E-state index contributed by atoms with van der Waals surface area (Å²) < 4.78 is 32.5. The van der Waals surface area contributed by atoms with Crippen molar-refractivity contribution in [1.29, 1.82) is 0 Å². The lowest BCUT2D eigenvalue weighted by molar-refractivity contribution is 0.0938. The van der Waals surface area contributed by atoms with Gasteiger partial charge in [0.15, 0.2) is 11.4 Å². The van der Waals surface area contributed by atoms with Gasteiger partial charge >= 0.3 is 5.69 Å². The molecule has 0 unspecified atom stereocenters. The molecule has 0 amide bonds. The summed E-state index contributed by atoms with van der Waals surface area (Å²) in [6, 6.07) is 8.98. The van der Waals surface area contributed by atoms with Crippen molar-refractivity contribution in [2.45, 2.75) is 45.1 Å². The first-order valence-electron chi connectivity index (χ1n) is 13.0. The molecule has 1 fully saturated rings. The number of carbonyl (C=O) groups excluding carboxylic acids is 1. The molecule has 1 aromatic carbocycles. The second kappa shape index (κ2) is 10.2. The van der Waals surface area contributed by atoms with Crippen LogP contribution in [0.2, 0.25) is 0 Å². The fourth-order valence-electron chi connectivity index (χ4n) is 5.66. The van der Waals surface area contributed by atoms with E-state index in [1.54, 1.807) is 6.07 Å². The van der Waals surface area contributed by atoms with Gasteiger partial charge in [0.2, 0.25) is 0 Å². The topological polar surface area (TPSA) is 91.3 Å². The number of Topliss-reactive ketones (excluding diaryl/α,β-unsaturated/α-hetero) is 1. The summed E-state index contributed by atoms with van der Waals surface area (Å²) in [7, 11) is 0. The van der Waals surface area contributed by atoms with Crippen molar-refractivity contribution in [3.05, 3.63) is 103 Å². The largest absolute Gasteiger partial charge is 0.337 e. The van der Waals surface area contributed by atoms with E-state index in [9.17, 15) is 23.2 Å². The average Bonchev–Trinajstić information content (AvgIpc) is 3.33. The molecule has 1 aliphatic carbocycles. The summed E-state index contributed by atoms with van der Waals surface area (Å²) in [5.74, 6) is -1.16. The molecule has 0 bridgehead atoms. The van der Waals surface area contributed by atoms with Crippen LogP contribution in [0.1, 0.15) is 54.2 Å². The molecule has 0 saturated heterocycles. The maximum atomic E-state index is 14.2. The summed E-state index contributed by atoms with van der Waals surface area (Å²) in [6.07, 6.45) is 6.33. The fourth-order valence-corrected chi connectivity index (χ4v) is 6.25. The fraction of sp³-hybridized carbons (Fsp3) is 0.276. The van der Waals surface area contributed by atoms with Gasteiger partial charge in [-0.25, -0.2) is 28.1 Å². The zero-order valence-corrected chi connectivity index (χ0v) is 23.1. The van der Waals surface area contributed by atoms with Gasteiger partial charge in [0, 0.05) is 29.3 Å². The number of ketones is 1. The molecule has 0 aliphatic heterocycles. The highest BCUT2D eigenvalue weighted by molar-refractivity contribution is 9.10. The third-order valence-electron chi connectivity index (χ3n) is 7.53. The van der Waals surface area contributed by atoms with Gasteiger partial charge in [-0.3, -0.25) is 14.2 Å². The molecule has 8 nitrogen and oxygen atoms in total. The number of aromatic nitrogens is 5. The van der Waals surface area contributed by atoms with Crippen molar-refractivity contribution >= 4 is 38.4 Å². The Kier molecular flexibility index (Phi) is 6.69. The number of rotatable bonds is 5. The second-order valence-electron chi connectivity index (χ2n) is 10.3. The molecule has 0 N–H and O–H groups in total. The summed E-state index contributed by atoms with van der Waals surface area (Å²) >= 11 is 3.46. The Bertz CT molecular complexity index is 1900. The molecule has 4 heterocycles. The van der Waals surface area contributed by atoms with Crippen molar-refractivity contribution in [2.75, 3.05) is 0 Å². The molecule has 40 heavy (non-hydrogen) atoms. The van der Waals surface area contributed by atoms with Gasteiger partial charge in [-0.2, -0.15) is 0 Å². The highest BCUT2D eigenvalue weighted by atomic mass is 79.9. The lowest BCUT2D eigenvalue weighted by Gasteiger charge is -2.29. The lowest BCUT2D eigenvalue weighted by Crippen LogP contribution is -2.43. The number of hydrogen-bond donors (Lipinski definition) is 0. The van der Waals surface area contributed by atoms with Crippen molar-refractivity contribution in [1.82, 2.24) is 23.5 Å². The molecular weight excluding hydrogens is 584 g/mol. The predicted molar refractivity (Wildman–Crippen MR) is 149 cm³/mol. The van der Waals surface area contributed by atoms with Gasteiger partial charge in [-0.15, -0.1) is 0 Å². The number of imidazole rings is 1. The van der Waals surface area contributed by atoms with E-state index in [4.69, 9.17) is 0 Å². The minimum absolute atomic E-state index is 0.0258. The normalized spacial score (nSPS) is 17.5. The molecule has 5 aromatic rings. The number of fused-ring (bicyclic) bond motifs is 2. The Morgan fingerprint density at radius 2 is 1.80 bits per heavy atom. The Morgan fingerprint density at radius 1 is 1.02 bits per heavy atom. The van der Waals surface area contributed by atoms with Crippen LogP contribution in [0.25, 0.3) is 22.4 Å². The van der Waals surface area contributed by atoms with Crippen molar-refractivity contribution in [3.63, 3.8) is 0 Å². The van der Waals surface area contributed by atoms with Gasteiger partial charge < -0.3 is 4.40 Å². The number of carbonyl (C=O) groups is 1. The van der Waals surface area contributed by atoms with Crippen molar-refractivity contribution in [3.8, 4) is 5.69 Å². The SMILES string of the molecule is Cc1cc(Br)cc(-n2c(=O)n(C3CCC(CC(=O)c4cn5cc(F)ccc5n4)CC3)c(=O)c3cc(F)cnc32)c1. The number of hydrogen-bond acceptors (Lipinski definition) is 5. The van der Waals surface area contributed by atoms with Crippen LogP contribution in [0.3, 0.4) is 0 Å². The first kappa shape index (κ1) is 26.2. The highest BCUT2D eigenvalue weighted by Crippen LogP contribution is 2.34. The first-order chi connectivity index (χ1) is 19.2. The molecule has 0 radical (unpaired) electrons. The van der Waals surface area contributed by atoms with E-state index in [2.05, 4.69) is 25.9 Å². The summed E-state index contributed by atoms with van der Waals surface area (Å²) in [5.41, 5.74) is 1.16. The van der Waals surface area contributed by atoms with E-state index >= 15 is 0 Å². The van der Waals surface area contributed by atoms with Gasteiger partial charge in [0.1, 0.15) is 23.0 Å². The number of aryl methyl sites for hydroxylation is 1. The molecule has 6 rings (SSSR count). The Morgan fingerprint density at radius 3 is 2.55 bits per heavy atom. The van der Waals surface area contributed by atoms with E-state index in [1.807, 2.05) is 19.1 Å². The third-order valence-corrected chi connectivity index (χ3v) is 7.99. The minimum atomic E-state index is -0.663. The Hall–Kier alpha value is -3.99. The molecule has 204 valence electrons. The van der Waals surface area contributed by atoms with Crippen LogP contribution in [-0.4, -0.2) is 29.3 Å². The Balaban J connectivity index is 1.29. The predicted octanol–water partition coefficient (Wildman–Crippen LogP) is 5.55. The van der Waals surface area contributed by atoms with Crippen LogP contribution < -0.4 is 11.2 Å². The molecule has 1 saturated carbocycles. The Labute approximate surface area is 235 Å². The van der Waals surface area contributed by atoms with Gasteiger partial charge in [0.05, 0.1) is 17.3 Å². The lowest BCUT2D eigenvalue weighted by atomic mass is 9.82. The quantitative estimate of drug-likeness (QED) is 0.244. The molecule has 4 aromatic heterocycles. The van der Waals surface area contributed by atoms with E-state index in [0.29, 0.717) is 37.0 Å². The van der Waals surface area contributed by atoms with Crippen LogP contribution in [0, 0.1) is 24.5 Å². The van der Waals surface area contributed by atoms with E-state index in [-0.39, 0.29) is 34.8 Å². The van der Waals surface area contributed by atoms with Crippen LogP contribution in [0.15, 0.2) is 69.1 Å². The third kappa shape index (κ3) is 4.78. The molecule has 11 heteroatoms. The number of halogens is 3. The van der Waals surface area contributed by atoms with Crippen LogP contribution >= 0.6 is 15.9 Å². The van der Waals surface area contributed by atoms with Gasteiger partial charge in [0.25, 0.3) is 5.56 Å². The van der Waals surface area contributed by atoms with Crippen molar-refractivity contribution in [2.24, 2.45) is 5.92 Å². The molecule has 1 aliphatic rings. The van der Waals surface area contributed by atoms with Crippen LogP contribution in [-0.2, 0) is 0 Å². The first-order valence-corrected chi connectivity index (χ1v) is 13.7. The monoisotopic (exact) mass is 607 g/mol. The number of pyridine rings is 2. The zero-order valence-electron chi connectivity index (χ0n) is 21.5. The van der Waals surface area contributed by atoms with Gasteiger partial charge in [-0.05, 0) is 80.5 Å². The molecular formula is C29H24BrF2N5O3. The summed E-state index contributed by atoms with van der Waals surface area (Å²) in [4.78, 5) is 48.7. The van der Waals surface area contributed by atoms with E-state index in [1.165, 1.54) is 38.1 Å². The number of nitrogens with zero attached hydrogens (tertiary/aromatic N) is 5.